The van der Waals surface area contributed by atoms with Gasteiger partial charge in [0.1, 0.15) is 0 Å². The lowest BCUT2D eigenvalue weighted by Crippen LogP contribution is -2.33. The number of hydrogen-bond donors (Lipinski definition) is 2. The number of unbranched alkanes of at least 4 members (excludes halogenated alkanes) is 1. The molecular formula is C10H20O2. The highest BCUT2D eigenvalue weighted by Gasteiger charge is 2.29. The van der Waals surface area contributed by atoms with Crippen LogP contribution in [0, 0.1) is 5.92 Å². The smallest absolute Gasteiger partial charge is 0.162 e. The third kappa shape index (κ3) is 3.11. The molecule has 0 aromatic rings. The van der Waals surface area contributed by atoms with Crippen molar-refractivity contribution >= 4 is 0 Å². The summed E-state index contributed by atoms with van der Waals surface area (Å²) in [5, 5.41) is 18.5. The van der Waals surface area contributed by atoms with E-state index in [2.05, 4.69) is 6.92 Å². The second kappa shape index (κ2) is 4.24. The lowest BCUT2D eigenvalue weighted by atomic mass is 9.82. The van der Waals surface area contributed by atoms with Crippen LogP contribution in [0.5, 0.6) is 0 Å². The molecule has 1 rings (SSSR count). The molecular weight excluding hydrogens is 152 g/mol. The van der Waals surface area contributed by atoms with Crippen LogP contribution in [-0.2, 0) is 0 Å². The molecule has 2 heteroatoms. The van der Waals surface area contributed by atoms with E-state index in [1.807, 2.05) is 0 Å². The minimum Gasteiger partial charge on any atom is -0.366 e. The van der Waals surface area contributed by atoms with Gasteiger partial charge in [0, 0.05) is 12.8 Å². The van der Waals surface area contributed by atoms with E-state index in [0.717, 1.165) is 18.8 Å². The summed E-state index contributed by atoms with van der Waals surface area (Å²) in [7, 11) is 0. The van der Waals surface area contributed by atoms with Crippen LogP contribution in [-0.4, -0.2) is 16.0 Å². The van der Waals surface area contributed by atoms with E-state index in [1.165, 1.54) is 19.3 Å². The van der Waals surface area contributed by atoms with Crippen molar-refractivity contribution in [2.24, 2.45) is 5.92 Å². The largest absolute Gasteiger partial charge is 0.366 e. The zero-order valence-electron chi connectivity index (χ0n) is 7.92. The molecule has 0 amide bonds. The number of rotatable bonds is 3. The van der Waals surface area contributed by atoms with Gasteiger partial charge in [-0.25, -0.2) is 0 Å². The van der Waals surface area contributed by atoms with Crippen LogP contribution in [0.4, 0.5) is 0 Å². The Bertz CT molecular complexity index is 122. The van der Waals surface area contributed by atoms with E-state index in [0.29, 0.717) is 12.8 Å². The van der Waals surface area contributed by atoms with Gasteiger partial charge in [0.05, 0.1) is 0 Å². The first-order chi connectivity index (χ1) is 5.64. The summed E-state index contributed by atoms with van der Waals surface area (Å²) in [5.74, 6) is -0.597. The predicted molar refractivity (Wildman–Crippen MR) is 48.7 cm³/mol. The molecule has 1 saturated carbocycles. The Labute approximate surface area is 74.6 Å². The average molecular weight is 172 g/mol. The molecule has 0 aromatic carbocycles. The second-order valence-corrected chi connectivity index (χ2v) is 4.07. The van der Waals surface area contributed by atoms with E-state index < -0.39 is 5.79 Å². The van der Waals surface area contributed by atoms with E-state index in [-0.39, 0.29) is 0 Å². The van der Waals surface area contributed by atoms with Crippen molar-refractivity contribution < 1.29 is 10.2 Å². The molecule has 1 aliphatic carbocycles. The molecule has 72 valence electrons. The van der Waals surface area contributed by atoms with Crippen LogP contribution in [0.1, 0.15) is 51.9 Å². The molecule has 0 bridgehead atoms. The van der Waals surface area contributed by atoms with Crippen molar-refractivity contribution in [3.8, 4) is 0 Å². The summed E-state index contributed by atoms with van der Waals surface area (Å²) in [6.07, 6.45) is 6.93. The Kier molecular flexibility index (Phi) is 3.53. The topological polar surface area (TPSA) is 40.5 Å². The van der Waals surface area contributed by atoms with Gasteiger partial charge in [0.25, 0.3) is 0 Å². The predicted octanol–water partition coefficient (Wildman–Crippen LogP) is 2.05. The highest BCUT2D eigenvalue weighted by molar-refractivity contribution is 4.76. The van der Waals surface area contributed by atoms with Gasteiger partial charge < -0.3 is 10.2 Å². The molecule has 12 heavy (non-hydrogen) atoms. The van der Waals surface area contributed by atoms with Gasteiger partial charge in [-0.3, -0.25) is 0 Å². The average Bonchev–Trinajstić information content (AvgIpc) is 2.03. The Morgan fingerprint density at radius 3 is 2.33 bits per heavy atom. The summed E-state index contributed by atoms with van der Waals surface area (Å²) in [6, 6.07) is 0. The van der Waals surface area contributed by atoms with Crippen molar-refractivity contribution in [2.45, 2.75) is 57.7 Å². The van der Waals surface area contributed by atoms with Gasteiger partial charge >= 0.3 is 0 Å². The Morgan fingerprint density at radius 1 is 1.25 bits per heavy atom. The van der Waals surface area contributed by atoms with E-state index in [1.54, 1.807) is 0 Å². The maximum absolute atomic E-state index is 9.27. The van der Waals surface area contributed by atoms with Gasteiger partial charge in [-0.15, -0.1) is 0 Å². The SMILES string of the molecule is CCCCC1CCC(O)(O)CC1. The van der Waals surface area contributed by atoms with Crippen molar-refractivity contribution in [3.63, 3.8) is 0 Å². The minimum atomic E-state index is -1.34. The molecule has 2 N–H and O–H groups in total. The van der Waals surface area contributed by atoms with Crippen LogP contribution in [0.2, 0.25) is 0 Å². The third-order valence-electron chi connectivity index (χ3n) is 2.87. The van der Waals surface area contributed by atoms with Crippen LogP contribution in [0.3, 0.4) is 0 Å². The first kappa shape index (κ1) is 10.0. The fourth-order valence-electron chi connectivity index (χ4n) is 1.92. The van der Waals surface area contributed by atoms with Crippen LogP contribution in [0.25, 0.3) is 0 Å². The number of aliphatic hydroxyl groups is 2. The van der Waals surface area contributed by atoms with Gasteiger partial charge in [0.15, 0.2) is 5.79 Å². The standard InChI is InChI=1S/C10H20O2/c1-2-3-4-9-5-7-10(11,12)8-6-9/h9,11-12H,2-8H2,1H3. The quantitative estimate of drug-likeness (QED) is 0.640. The summed E-state index contributed by atoms with van der Waals surface area (Å²) >= 11 is 0. The highest BCUT2D eigenvalue weighted by Crippen LogP contribution is 2.32. The lowest BCUT2D eigenvalue weighted by Gasteiger charge is -2.31. The molecule has 0 heterocycles. The first-order valence-corrected chi connectivity index (χ1v) is 5.09. The molecule has 0 radical (unpaired) electrons. The van der Waals surface area contributed by atoms with Crippen molar-refractivity contribution in [1.29, 1.82) is 0 Å². The Hall–Kier alpha value is -0.0800. The van der Waals surface area contributed by atoms with Gasteiger partial charge in [-0.1, -0.05) is 26.2 Å². The third-order valence-corrected chi connectivity index (χ3v) is 2.87. The van der Waals surface area contributed by atoms with Crippen molar-refractivity contribution in [2.75, 3.05) is 0 Å². The number of hydrogen-bond acceptors (Lipinski definition) is 2. The van der Waals surface area contributed by atoms with Gasteiger partial charge in [-0.05, 0) is 18.8 Å². The minimum absolute atomic E-state index is 0.571. The second-order valence-electron chi connectivity index (χ2n) is 4.07. The van der Waals surface area contributed by atoms with Crippen molar-refractivity contribution in [3.05, 3.63) is 0 Å². The maximum Gasteiger partial charge on any atom is 0.162 e. The molecule has 0 atom stereocenters. The molecule has 0 saturated heterocycles. The molecule has 0 aliphatic heterocycles. The highest BCUT2D eigenvalue weighted by atomic mass is 16.5. The Balaban J connectivity index is 2.18. The first-order valence-electron chi connectivity index (χ1n) is 5.09. The van der Waals surface area contributed by atoms with E-state index in [4.69, 9.17) is 0 Å². The Morgan fingerprint density at radius 2 is 1.83 bits per heavy atom. The summed E-state index contributed by atoms with van der Waals surface area (Å²) in [4.78, 5) is 0. The van der Waals surface area contributed by atoms with E-state index in [9.17, 15) is 10.2 Å². The molecule has 2 nitrogen and oxygen atoms in total. The monoisotopic (exact) mass is 172 g/mol. The van der Waals surface area contributed by atoms with Gasteiger partial charge in [-0.2, -0.15) is 0 Å². The van der Waals surface area contributed by atoms with E-state index >= 15 is 0 Å². The fourth-order valence-corrected chi connectivity index (χ4v) is 1.92. The zero-order valence-corrected chi connectivity index (χ0v) is 7.92. The van der Waals surface area contributed by atoms with Gasteiger partial charge in [0.2, 0.25) is 0 Å². The van der Waals surface area contributed by atoms with Crippen LogP contribution in [0.15, 0.2) is 0 Å². The lowest BCUT2D eigenvalue weighted by molar-refractivity contribution is -0.186. The molecule has 0 unspecified atom stereocenters. The molecule has 1 fully saturated rings. The zero-order chi connectivity index (χ0) is 9.03. The molecule has 0 aromatic heterocycles. The van der Waals surface area contributed by atoms with Crippen molar-refractivity contribution in [1.82, 2.24) is 0 Å². The van der Waals surface area contributed by atoms with Crippen LogP contribution < -0.4 is 0 Å². The summed E-state index contributed by atoms with van der Waals surface area (Å²) < 4.78 is 0. The molecule has 1 aliphatic rings. The summed E-state index contributed by atoms with van der Waals surface area (Å²) in [6.45, 7) is 2.20. The summed E-state index contributed by atoms with van der Waals surface area (Å²) in [5.41, 5.74) is 0. The maximum atomic E-state index is 9.27. The normalized spacial score (nSPS) is 24.2. The fraction of sp³-hybridized carbons (Fsp3) is 1.00. The van der Waals surface area contributed by atoms with Crippen LogP contribution >= 0.6 is 0 Å². The molecule has 0 spiro atoms.